The van der Waals surface area contributed by atoms with Crippen LogP contribution >= 0.6 is 0 Å². The molecule has 1 aliphatic rings. The van der Waals surface area contributed by atoms with Gasteiger partial charge in [-0.2, -0.15) is 4.31 Å². The first-order chi connectivity index (χ1) is 19.2. The van der Waals surface area contributed by atoms with E-state index in [4.69, 9.17) is 9.47 Å². The standard InChI is InChI=1S/C30H35N3O6S/c1-23-8-10-25(11-9-23)20-31-30(35)24(2)33(21-26-6-4-3-5-7-26)29(34)22-39-27-12-14-28(15-13-27)40(36,37)32-16-18-38-19-17-32/h3-15,24H,16-22H2,1-2H3,(H,31,35). The number of benzene rings is 3. The summed E-state index contributed by atoms with van der Waals surface area (Å²) < 4.78 is 38.1. The Labute approximate surface area is 235 Å². The summed E-state index contributed by atoms with van der Waals surface area (Å²) in [5.74, 6) is -0.292. The van der Waals surface area contributed by atoms with Crippen LogP contribution in [0.2, 0.25) is 0 Å². The Morgan fingerprint density at radius 2 is 1.60 bits per heavy atom. The first-order valence-electron chi connectivity index (χ1n) is 13.2. The van der Waals surface area contributed by atoms with Gasteiger partial charge in [0.2, 0.25) is 15.9 Å². The molecule has 1 fully saturated rings. The highest BCUT2D eigenvalue weighted by atomic mass is 32.2. The molecule has 1 atom stereocenters. The number of carbonyl (C=O) groups is 2. The van der Waals surface area contributed by atoms with Crippen molar-refractivity contribution in [1.82, 2.24) is 14.5 Å². The van der Waals surface area contributed by atoms with E-state index in [-0.39, 0.29) is 29.9 Å². The lowest BCUT2D eigenvalue weighted by molar-refractivity contribution is -0.142. The van der Waals surface area contributed by atoms with E-state index in [9.17, 15) is 18.0 Å². The normalized spacial score (nSPS) is 14.8. The van der Waals surface area contributed by atoms with Gasteiger partial charge in [0, 0.05) is 26.2 Å². The highest BCUT2D eigenvalue weighted by Crippen LogP contribution is 2.21. The van der Waals surface area contributed by atoms with Crippen LogP contribution in [0.5, 0.6) is 5.75 Å². The molecular formula is C30H35N3O6S. The smallest absolute Gasteiger partial charge is 0.261 e. The van der Waals surface area contributed by atoms with Crippen LogP contribution in [-0.4, -0.2) is 68.4 Å². The Morgan fingerprint density at radius 1 is 0.950 bits per heavy atom. The molecule has 1 N–H and O–H groups in total. The summed E-state index contributed by atoms with van der Waals surface area (Å²) in [6, 6.07) is 22.6. The van der Waals surface area contributed by atoms with E-state index in [0.29, 0.717) is 38.6 Å². The molecule has 3 aromatic carbocycles. The van der Waals surface area contributed by atoms with Crippen LogP contribution in [0, 0.1) is 6.92 Å². The quantitative estimate of drug-likeness (QED) is 0.383. The second kappa shape index (κ2) is 13.6. The van der Waals surface area contributed by atoms with E-state index in [1.54, 1.807) is 6.92 Å². The molecule has 1 saturated heterocycles. The van der Waals surface area contributed by atoms with Crippen LogP contribution in [0.15, 0.2) is 83.8 Å². The molecule has 0 saturated carbocycles. The van der Waals surface area contributed by atoms with Crippen LogP contribution in [-0.2, 0) is 37.4 Å². The molecule has 10 heteroatoms. The third kappa shape index (κ3) is 7.68. The van der Waals surface area contributed by atoms with Gasteiger partial charge in [-0.3, -0.25) is 9.59 Å². The van der Waals surface area contributed by atoms with Gasteiger partial charge >= 0.3 is 0 Å². The number of ether oxygens (including phenoxy) is 2. The minimum absolute atomic E-state index is 0.151. The number of amides is 2. The molecule has 212 valence electrons. The predicted molar refractivity (Wildman–Crippen MR) is 151 cm³/mol. The number of morpholine rings is 1. The summed E-state index contributed by atoms with van der Waals surface area (Å²) in [5, 5.41) is 2.92. The van der Waals surface area contributed by atoms with Crippen molar-refractivity contribution in [3.05, 3.63) is 95.6 Å². The van der Waals surface area contributed by atoms with E-state index in [0.717, 1.165) is 16.7 Å². The number of rotatable bonds is 11. The zero-order valence-corrected chi connectivity index (χ0v) is 23.6. The van der Waals surface area contributed by atoms with E-state index < -0.39 is 16.1 Å². The summed E-state index contributed by atoms with van der Waals surface area (Å²) >= 11 is 0. The number of nitrogens with one attached hydrogen (secondary N) is 1. The van der Waals surface area contributed by atoms with Crippen LogP contribution < -0.4 is 10.1 Å². The third-order valence-corrected chi connectivity index (χ3v) is 8.66. The summed E-state index contributed by atoms with van der Waals surface area (Å²) in [7, 11) is -3.63. The van der Waals surface area contributed by atoms with Gasteiger partial charge in [0.05, 0.1) is 18.1 Å². The molecule has 1 aliphatic heterocycles. The lowest BCUT2D eigenvalue weighted by atomic mass is 10.1. The number of nitrogens with zero attached hydrogens (tertiary/aromatic N) is 2. The molecule has 0 aliphatic carbocycles. The van der Waals surface area contributed by atoms with Crippen LogP contribution in [0.1, 0.15) is 23.6 Å². The van der Waals surface area contributed by atoms with Gasteiger partial charge in [0.1, 0.15) is 11.8 Å². The van der Waals surface area contributed by atoms with E-state index >= 15 is 0 Å². The molecule has 0 spiro atoms. The molecule has 0 aromatic heterocycles. The predicted octanol–water partition coefficient (Wildman–Crippen LogP) is 3.13. The maximum atomic E-state index is 13.3. The van der Waals surface area contributed by atoms with Crippen LogP contribution in [0.3, 0.4) is 0 Å². The van der Waals surface area contributed by atoms with Gasteiger partial charge in [0.15, 0.2) is 6.61 Å². The Balaban J connectivity index is 1.40. The van der Waals surface area contributed by atoms with Crippen molar-refractivity contribution in [3.8, 4) is 5.75 Å². The van der Waals surface area contributed by atoms with Crippen LogP contribution in [0.25, 0.3) is 0 Å². The minimum atomic E-state index is -3.63. The van der Waals surface area contributed by atoms with E-state index in [2.05, 4.69) is 5.32 Å². The number of aryl methyl sites for hydroxylation is 1. The Bertz CT molecular complexity index is 1370. The fourth-order valence-electron chi connectivity index (χ4n) is 4.28. The zero-order chi connectivity index (χ0) is 28.5. The fourth-order valence-corrected chi connectivity index (χ4v) is 5.69. The summed E-state index contributed by atoms with van der Waals surface area (Å²) in [6.07, 6.45) is 0. The maximum absolute atomic E-state index is 13.3. The average molecular weight is 566 g/mol. The van der Waals surface area contributed by atoms with Crippen LogP contribution in [0.4, 0.5) is 0 Å². The molecule has 1 unspecified atom stereocenters. The molecule has 9 nitrogen and oxygen atoms in total. The van der Waals surface area contributed by atoms with Crippen molar-refractivity contribution < 1.29 is 27.5 Å². The summed E-state index contributed by atoms with van der Waals surface area (Å²) in [6.45, 7) is 5.32. The van der Waals surface area contributed by atoms with Gasteiger partial charge in [-0.15, -0.1) is 0 Å². The molecule has 40 heavy (non-hydrogen) atoms. The molecular weight excluding hydrogens is 530 g/mol. The minimum Gasteiger partial charge on any atom is -0.484 e. The summed E-state index contributed by atoms with van der Waals surface area (Å²) in [5.41, 5.74) is 2.98. The maximum Gasteiger partial charge on any atom is 0.261 e. The van der Waals surface area contributed by atoms with Crippen molar-refractivity contribution >= 4 is 21.8 Å². The fraction of sp³-hybridized carbons (Fsp3) is 0.333. The van der Waals surface area contributed by atoms with Gasteiger partial charge in [-0.1, -0.05) is 60.2 Å². The first kappa shape index (κ1) is 29.3. The SMILES string of the molecule is Cc1ccc(CNC(=O)C(C)N(Cc2ccccc2)C(=O)COc2ccc(S(=O)(=O)N3CCOCC3)cc2)cc1. The van der Waals surface area contributed by atoms with Gasteiger partial charge in [0.25, 0.3) is 5.91 Å². The molecule has 1 heterocycles. The van der Waals surface area contributed by atoms with Gasteiger partial charge in [-0.05, 0) is 49.2 Å². The van der Waals surface area contributed by atoms with E-state index in [1.165, 1.54) is 33.5 Å². The lowest BCUT2D eigenvalue weighted by Gasteiger charge is -2.29. The van der Waals surface area contributed by atoms with Crippen molar-refractivity contribution in [2.24, 2.45) is 0 Å². The molecule has 2 amide bonds. The lowest BCUT2D eigenvalue weighted by Crippen LogP contribution is -2.48. The first-order valence-corrected chi connectivity index (χ1v) is 14.7. The van der Waals surface area contributed by atoms with Crippen molar-refractivity contribution in [3.63, 3.8) is 0 Å². The van der Waals surface area contributed by atoms with Crippen molar-refractivity contribution in [2.45, 2.75) is 37.9 Å². The molecule has 0 bridgehead atoms. The number of hydrogen-bond donors (Lipinski definition) is 1. The Hall–Kier alpha value is -3.73. The van der Waals surface area contributed by atoms with Gasteiger partial charge < -0.3 is 19.7 Å². The molecule has 3 aromatic rings. The van der Waals surface area contributed by atoms with Crippen molar-refractivity contribution in [2.75, 3.05) is 32.9 Å². The monoisotopic (exact) mass is 565 g/mol. The topological polar surface area (TPSA) is 105 Å². The summed E-state index contributed by atoms with van der Waals surface area (Å²) in [4.78, 5) is 28.0. The molecule has 4 rings (SSSR count). The average Bonchev–Trinajstić information content (AvgIpc) is 2.99. The number of sulfonamides is 1. The second-order valence-electron chi connectivity index (χ2n) is 9.66. The number of carbonyl (C=O) groups excluding carboxylic acids is 2. The Kier molecular flexibility index (Phi) is 9.92. The van der Waals surface area contributed by atoms with Gasteiger partial charge in [-0.25, -0.2) is 8.42 Å². The third-order valence-electron chi connectivity index (χ3n) is 6.74. The highest BCUT2D eigenvalue weighted by molar-refractivity contribution is 7.89. The van der Waals surface area contributed by atoms with E-state index in [1.807, 2.05) is 61.5 Å². The largest absolute Gasteiger partial charge is 0.484 e. The Morgan fingerprint density at radius 3 is 2.25 bits per heavy atom. The molecule has 0 radical (unpaired) electrons. The second-order valence-corrected chi connectivity index (χ2v) is 11.6. The highest BCUT2D eigenvalue weighted by Gasteiger charge is 2.28. The van der Waals surface area contributed by atoms with Crippen molar-refractivity contribution in [1.29, 1.82) is 0 Å². The zero-order valence-electron chi connectivity index (χ0n) is 22.8. The number of hydrogen-bond acceptors (Lipinski definition) is 6.